The average molecular weight is 497 g/mol. The van der Waals surface area contributed by atoms with Crippen LogP contribution in [-0.2, 0) is 25.9 Å². The molecular weight excluding hydrogens is 481 g/mol. The molecule has 0 saturated carbocycles. The van der Waals surface area contributed by atoms with E-state index in [2.05, 4.69) is 10.6 Å². The van der Waals surface area contributed by atoms with Crippen LogP contribution >= 0.6 is 11.6 Å². The fourth-order valence-electron chi connectivity index (χ4n) is 1.95. The van der Waals surface area contributed by atoms with Gasteiger partial charge in [0.25, 0.3) is 5.69 Å². The molecule has 0 radical (unpaired) electrons. The molecule has 7 nitrogen and oxygen atoms in total. The maximum absolute atomic E-state index is 11.6. The summed E-state index contributed by atoms with van der Waals surface area (Å²) in [6.45, 7) is 6.85. The van der Waals surface area contributed by atoms with E-state index >= 15 is 0 Å². The monoisotopic (exact) mass is 496 g/mol. The number of carbonyl (C=O) groups is 2. The van der Waals surface area contributed by atoms with Gasteiger partial charge < -0.3 is 10.6 Å². The number of carbonyl (C=O) groups excluding carboxylic acids is 2. The maximum atomic E-state index is 11.6. The second-order valence-electron chi connectivity index (χ2n) is 4.55. The van der Waals surface area contributed by atoms with Crippen molar-refractivity contribution in [2.24, 2.45) is 0 Å². The molecule has 9 heteroatoms. The number of hydrogen-bond donors (Lipinski definition) is 1. The molecule has 0 saturated heterocycles. The number of rotatable bonds is 3. The van der Waals surface area contributed by atoms with Gasteiger partial charge >= 0.3 is 21.1 Å². The molecule has 0 unspecified atom stereocenters. The van der Waals surface area contributed by atoms with Gasteiger partial charge in [0, 0.05) is 11.3 Å². The number of imide groups is 1. The van der Waals surface area contributed by atoms with Crippen LogP contribution in [0.5, 0.6) is 0 Å². The van der Waals surface area contributed by atoms with E-state index in [1.54, 1.807) is 27.7 Å². The summed E-state index contributed by atoms with van der Waals surface area (Å²) in [7, 11) is 0. The van der Waals surface area contributed by atoms with Gasteiger partial charge in [-0.05, 0) is 44.4 Å². The van der Waals surface area contributed by atoms with Crippen molar-refractivity contribution < 1.29 is 35.6 Å². The molecule has 0 heterocycles. The van der Waals surface area contributed by atoms with Crippen molar-refractivity contribution in [3.05, 3.63) is 37.7 Å². The van der Waals surface area contributed by atoms with Crippen LogP contribution in [0, 0.1) is 37.8 Å². The Labute approximate surface area is 147 Å². The average Bonchev–Trinajstić information content (AvgIpc) is 2.41. The van der Waals surface area contributed by atoms with Crippen LogP contribution in [0.25, 0.3) is 5.32 Å². The van der Waals surface area contributed by atoms with Crippen LogP contribution < -0.4 is 5.32 Å². The second kappa shape index (κ2) is 8.24. The fourth-order valence-corrected chi connectivity index (χ4v) is 2.01. The Hall–Kier alpha value is -1.46. The normalized spacial score (nSPS) is 9.68. The third-order valence-corrected chi connectivity index (χ3v) is 3.64. The largest absolute Gasteiger partial charge is 2.00 e. The van der Waals surface area contributed by atoms with E-state index in [0.29, 0.717) is 11.1 Å². The predicted molar refractivity (Wildman–Crippen MR) is 80.1 cm³/mol. The van der Waals surface area contributed by atoms with Crippen LogP contribution in [-0.4, -0.2) is 22.7 Å². The Morgan fingerprint density at radius 2 is 1.64 bits per heavy atom. The van der Waals surface area contributed by atoms with Crippen LogP contribution in [0.3, 0.4) is 0 Å². The molecule has 3 amide bonds. The summed E-state index contributed by atoms with van der Waals surface area (Å²) < 4.78 is 0. The van der Waals surface area contributed by atoms with Crippen LogP contribution in [0.1, 0.15) is 22.3 Å². The summed E-state index contributed by atoms with van der Waals surface area (Å²) in [6.07, 6.45) is 0. The van der Waals surface area contributed by atoms with Crippen LogP contribution in [0.15, 0.2) is 0 Å². The van der Waals surface area contributed by atoms with Gasteiger partial charge in [0.05, 0.1) is 10.8 Å². The molecule has 22 heavy (non-hydrogen) atoms. The first kappa shape index (κ1) is 20.5. The number of halogens is 1. The van der Waals surface area contributed by atoms with E-state index in [9.17, 15) is 19.7 Å². The van der Waals surface area contributed by atoms with Crippen molar-refractivity contribution >= 4 is 34.9 Å². The number of nitro benzene ring substituents is 1. The fraction of sp³-hybridized carbons (Fsp3) is 0.385. The zero-order valence-corrected chi connectivity index (χ0v) is 16.2. The van der Waals surface area contributed by atoms with Crippen molar-refractivity contribution in [3.8, 4) is 0 Å². The first-order valence-corrected chi connectivity index (χ1v) is 6.60. The molecule has 0 fully saturated rings. The van der Waals surface area contributed by atoms with E-state index in [4.69, 9.17) is 11.6 Å². The van der Waals surface area contributed by atoms with Crippen molar-refractivity contribution in [2.75, 3.05) is 11.2 Å². The predicted octanol–water partition coefficient (Wildman–Crippen LogP) is 3.50. The van der Waals surface area contributed by atoms with Crippen LogP contribution in [0.2, 0.25) is 0 Å². The van der Waals surface area contributed by atoms with Gasteiger partial charge in [-0.15, -0.1) is 11.6 Å². The SMILES string of the molecule is Cc1c(C)c(C)c([N+](=O)[O-])c(NC(=O)[N-]C(=O)CCl)c1C.[W+2]. The molecule has 1 rings (SSSR count). The molecule has 118 valence electrons. The van der Waals surface area contributed by atoms with Crippen molar-refractivity contribution in [2.45, 2.75) is 27.7 Å². The Morgan fingerprint density at radius 1 is 1.14 bits per heavy atom. The van der Waals surface area contributed by atoms with Crippen molar-refractivity contribution in [1.29, 1.82) is 0 Å². The minimum atomic E-state index is -0.977. The summed E-state index contributed by atoms with van der Waals surface area (Å²) in [5.41, 5.74) is 2.49. The van der Waals surface area contributed by atoms with Gasteiger partial charge in [-0.1, -0.05) is 0 Å². The Morgan fingerprint density at radius 3 is 2.09 bits per heavy atom. The number of alkyl halides is 1. The third kappa shape index (κ3) is 4.27. The first-order valence-electron chi connectivity index (χ1n) is 6.07. The Bertz CT molecular complexity index is 634. The zero-order chi connectivity index (χ0) is 16.3. The Kier molecular flexibility index (Phi) is 7.70. The van der Waals surface area contributed by atoms with E-state index in [1.165, 1.54) is 0 Å². The maximum Gasteiger partial charge on any atom is 2.00 e. The summed E-state index contributed by atoms with van der Waals surface area (Å²) in [5.74, 6) is -1.24. The first-order chi connectivity index (χ1) is 9.70. The van der Waals surface area contributed by atoms with Gasteiger partial charge in [0.1, 0.15) is 0 Å². The number of benzene rings is 1. The molecule has 1 aromatic carbocycles. The van der Waals surface area contributed by atoms with E-state index in [0.717, 1.165) is 11.1 Å². The van der Waals surface area contributed by atoms with E-state index < -0.39 is 22.7 Å². The number of urea groups is 1. The smallest absolute Gasteiger partial charge is 0.418 e. The molecule has 0 aliphatic heterocycles. The van der Waals surface area contributed by atoms with Gasteiger partial charge in [-0.25, -0.2) is 0 Å². The van der Waals surface area contributed by atoms with Gasteiger partial charge in [-0.2, -0.15) is 0 Å². The number of nitrogens with zero attached hydrogens (tertiary/aromatic N) is 2. The molecule has 1 N–H and O–H groups in total. The third-order valence-electron chi connectivity index (χ3n) is 3.41. The Balaban J connectivity index is 0.00000441. The number of nitrogens with one attached hydrogen (secondary N) is 1. The van der Waals surface area contributed by atoms with E-state index in [1.807, 2.05) is 0 Å². The van der Waals surface area contributed by atoms with Crippen LogP contribution in [0.4, 0.5) is 16.2 Å². The zero-order valence-electron chi connectivity index (χ0n) is 12.5. The van der Waals surface area contributed by atoms with Gasteiger partial charge in [0.15, 0.2) is 11.9 Å². The summed E-state index contributed by atoms with van der Waals surface area (Å²) in [5, 5.41) is 16.7. The van der Waals surface area contributed by atoms with Gasteiger partial charge in [-0.3, -0.25) is 19.7 Å². The number of hydrogen-bond acceptors (Lipinski definition) is 4. The quantitative estimate of drug-likeness (QED) is 0.393. The second-order valence-corrected chi connectivity index (χ2v) is 4.82. The standard InChI is InChI=1S/C13H16ClN3O4.W/c1-6-7(2)9(4)12(17(20)21)11(8(6)3)16-13(19)15-10(18)5-14;/h5H2,1-4H3,(H2,15,16,18,19);/q;+2/p-1. The number of amides is 3. The topological polar surface area (TPSA) is 103 Å². The number of anilines is 1. The van der Waals surface area contributed by atoms with Crippen molar-refractivity contribution in [1.82, 2.24) is 0 Å². The molecule has 0 atom stereocenters. The molecule has 0 aliphatic carbocycles. The molecule has 0 spiro atoms. The minimum absolute atomic E-state index is 0. The number of nitro groups is 1. The molecular formula is C13H15ClN3O4W+. The van der Waals surface area contributed by atoms with Gasteiger partial charge in [0.2, 0.25) is 0 Å². The molecule has 0 aliphatic rings. The molecule has 0 bridgehead atoms. The molecule has 0 aromatic heterocycles. The van der Waals surface area contributed by atoms with Crippen molar-refractivity contribution in [3.63, 3.8) is 0 Å². The summed E-state index contributed by atoms with van der Waals surface area (Å²) >= 11 is 5.25. The summed E-state index contributed by atoms with van der Waals surface area (Å²) in [6, 6.07) is -0.977. The minimum Gasteiger partial charge on any atom is -0.418 e. The van der Waals surface area contributed by atoms with E-state index in [-0.39, 0.29) is 32.4 Å². The molecule has 1 aromatic rings. The summed E-state index contributed by atoms with van der Waals surface area (Å²) in [4.78, 5) is 33.3.